The predicted octanol–water partition coefficient (Wildman–Crippen LogP) is 2.60. The lowest BCUT2D eigenvalue weighted by Crippen LogP contribution is -2.41. The van der Waals surface area contributed by atoms with E-state index in [1.807, 2.05) is 12.1 Å². The van der Waals surface area contributed by atoms with Crippen LogP contribution in [0.1, 0.15) is 44.1 Å². The van der Waals surface area contributed by atoms with Gasteiger partial charge in [-0.25, -0.2) is 9.98 Å². The van der Waals surface area contributed by atoms with E-state index in [1.165, 1.54) is 32.1 Å². The maximum atomic E-state index is 6.00. The Morgan fingerprint density at radius 2 is 2.17 bits per heavy atom. The Morgan fingerprint density at radius 3 is 2.92 bits per heavy atom. The number of nitrogens with two attached hydrogens (primary N) is 1. The van der Waals surface area contributed by atoms with E-state index >= 15 is 0 Å². The van der Waals surface area contributed by atoms with Gasteiger partial charge in [-0.3, -0.25) is 0 Å². The molecule has 1 aliphatic heterocycles. The fourth-order valence-electron chi connectivity index (χ4n) is 3.07. The quantitative estimate of drug-likeness (QED) is 0.413. The molecule has 3 N–H and O–H groups in total. The maximum Gasteiger partial charge on any atom is 0.213 e. The molecule has 0 spiro atoms. The molecule has 1 aromatic rings. The molecule has 2 heterocycles. The van der Waals surface area contributed by atoms with Crippen molar-refractivity contribution < 1.29 is 9.47 Å². The summed E-state index contributed by atoms with van der Waals surface area (Å²) in [5, 5.41) is 3.33. The summed E-state index contributed by atoms with van der Waals surface area (Å²) in [6.45, 7) is 1.94. The van der Waals surface area contributed by atoms with Crippen molar-refractivity contribution in [1.82, 2.24) is 10.3 Å². The lowest BCUT2D eigenvalue weighted by Gasteiger charge is -2.23. The van der Waals surface area contributed by atoms with E-state index in [2.05, 4.69) is 15.3 Å². The number of pyridine rings is 1. The van der Waals surface area contributed by atoms with Gasteiger partial charge in [0.2, 0.25) is 5.88 Å². The summed E-state index contributed by atoms with van der Waals surface area (Å²) in [6.07, 6.45) is 9.05. The Labute approximate surface area is 160 Å². The second kappa shape index (κ2) is 10.0. The summed E-state index contributed by atoms with van der Waals surface area (Å²) in [4.78, 5) is 8.69. The van der Waals surface area contributed by atoms with Gasteiger partial charge in [-0.15, -0.1) is 24.0 Å². The van der Waals surface area contributed by atoms with Crippen molar-refractivity contribution in [2.75, 3.05) is 13.2 Å². The van der Waals surface area contributed by atoms with Gasteiger partial charge >= 0.3 is 0 Å². The molecule has 0 bridgehead atoms. The first-order valence-electron chi connectivity index (χ1n) is 8.55. The fraction of sp³-hybridized carbons (Fsp3) is 0.647. The molecule has 1 aromatic heterocycles. The van der Waals surface area contributed by atoms with E-state index in [1.54, 1.807) is 6.20 Å². The molecule has 1 atom stereocenters. The predicted molar refractivity (Wildman–Crippen MR) is 105 cm³/mol. The van der Waals surface area contributed by atoms with Gasteiger partial charge < -0.3 is 20.5 Å². The Kier molecular flexibility index (Phi) is 8.04. The van der Waals surface area contributed by atoms with Crippen LogP contribution in [0.2, 0.25) is 0 Å². The number of hydrogen-bond acceptors (Lipinski definition) is 4. The minimum absolute atomic E-state index is 0. The highest BCUT2D eigenvalue weighted by Gasteiger charge is 2.17. The molecule has 24 heavy (non-hydrogen) atoms. The highest BCUT2D eigenvalue weighted by molar-refractivity contribution is 14.0. The van der Waals surface area contributed by atoms with Crippen LogP contribution in [0.4, 0.5) is 0 Å². The SMILES string of the molecule is I.NC(=NCc1ccnc(OC2CCOC2)c1)NC1CCCCC1. The number of ether oxygens (including phenoxy) is 2. The van der Waals surface area contributed by atoms with Gasteiger partial charge in [0.25, 0.3) is 0 Å². The lowest BCUT2D eigenvalue weighted by atomic mass is 9.96. The summed E-state index contributed by atoms with van der Waals surface area (Å²) < 4.78 is 11.1. The molecule has 6 nitrogen and oxygen atoms in total. The molecule has 1 unspecified atom stereocenters. The minimum Gasteiger partial charge on any atom is -0.472 e. The third-order valence-electron chi connectivity index (χ3n) is 4.36. The number of nitrogens with zero attached hydrogens (tertiary/aromatic N) is 2. The third-order valence-corrected chi connectivity index (χ3v) is 4.36. The molecular formula is C17H27IN4O2. The van der Waals surface area contributed by atoms with E-state index in [0.717, 1.165) is 18.6 Å². The summed E-state index contributed by atoms with van der Waals surface area (Å²) in [6, 6.07) is 4.34. The Morgan fingerprint density at radius 1 is 1.33 bits per heavy atom. The normalized spacial score (nSPS) is 22.0. The fourth-order valence-corrected chi connectivity index (χ4v) is 3.07. The maximum absolute atomic E-state index is 6.00. The van der Waals surface area contributed by atoms with Crippen molar-refractivity contribution in [2.45, 2.75) is 57.2 Å². The van der Waals surface area contributed by atoms with E-state index in [9.17, 15) is 0 Å². The Hall–Kier alpha value is -1.09. The number of nitrogens with one attached hydrogen (secondary N) is 1. The van der Waals surface area contributed by atoms with Crippen molar-refractivity contribution in [3.05, 3.63) is 23.9 Å². The number of halogens is 1. The topological polar surface area (TPSA) is 81.8 Å². The Balaban J connectivity index is 0.00000208. The summed E-state index contributed by atoms with van der Waals surface area (Å²) in [7, 11) is 0. The molecule has 0 radical (unpaired) electrons. The highest BCUT2D eigenvalue weighted by atomic mass is 127. The van der Waals surface area contributed by atoms with Gasteiger partial charge in [-0.1, -0.05) is 19.3 Å². The molecule has 0 amide bonds. The van der Waals surface area contributed by atoms with Gasteiger partial charge in [-0.05, 0) is 24.5 Å². The minimum atomic E-state index is 0. The van der Waals surface area contributed by atoms with E-state index in [0.29, 0.717) is 31.0 Å². The van der Waals surface area contributed by atoms with Crippen LogP contribution >= 0.6 is 24.0 Å². The van der Waals surface area contributed by atoms with Gasteiger partial charge in [-0.2, -0.15) is 0 Å². The van der Waals surface area contributed by atoms with Crippen LogP contribution in [0, 0.1) is 0 Å². The smallest absolute Gasteiger partial charge is 0.213 e. The Bertz CT molecular complexity index is 529. The standard InChI is InChI=1S/C17H26N4O2.HI/c18-17(21-14-4-2-1-3-5-14)20-11-13-6-8-19-16(10-13)23-15-7-9-22-12-15;/h6,8,10,14-15H,1-5,7,9,11-12H2,(H3,18,20,21);1H. The molecule has 0 aromatic carbocycles. The van der Waals surface area contributed by atoms with E-state index in [4.69, 9.17) is 15.2 Å². The first-order valence-corrected chi connectivity index (χ1v) is 8.55. The second-order valence-corrected chi connectivity index (χ2v) is 6.29. The number of aromatic nitrogens is 1. The van der Waals surface area contributed by atoms with Crippen LogP contribution in [0.3, 0.4) is 0 Å². The van der Waals surface area contributed by atoms with Gasteiger partial charge in [0.1, 0.15) is 6.10 Å². The molecular weight excluding hydrogens is 419 g/mol. The van der Waals surface area contributed by atoms with Crippen molar-refractivity contribution in [3.63, 3.8) is 0 Å². The molecule has 1 saturated heterocycles. The van der Waals surface area contributed by atoms with Crippen LogP contribution in [0.15, 0.2) is 23.3 Å². The zero-order valence-electron chi connectivity index (χ0n) is 13.9. The molecule has 2 fully saturated rings. The van der Waals surface area contributed by atoms with Crippen LogP contribution in [0.25, 0.3) is 0 Å². The zero-order chi connectivity index (χ0) is 15.9. The van der Waals surface area contributed by atoms with Gasteiger partial charge in [0.15, 0.2) is 5.96 Å². The average Bonchev–Trinajstić information content (AvgIpc) is 3.07. The van der Waals surface area contributed by atoms with E-state index in [-0.39, 0.29) is 30.1 Å². The van der Waals surface area contributed by atoms with Crippen molar-refractivity contribution in [2.24, 2.45) is 10.7 Å². The number of rotatable bonds is 5. The number of guanidine groups is 1. The number of aliphatic imine (C=N–C) groups is 1. The van der Waals surface area contributed by atoms with Crippen LogP contribution < -0.4 is 15.8 Å². The van der Waals surface area contributed by atoms with E-state index < -0.39 is 0 Å². The van der Waals surface area contributed by atoms with Crippen LogP contribution in [-0.2, 0) is 11.3 Å². The van der Waals surface area contributed by atoms with Crippen molar-refractivity contribution in [1.29, 1.82) is 0 Å². The largest absolute Gasteiger partial charge is 0.472 e. The average molecular weight is 446 g/mol. The lowest BCUT2D eigenvalue weighted by molar-refractivity contribution is 0.138. The monoisotopic (exact) mass is 446 g/mol. The van der Waals surface area contributed by atoms with Crippen LogP contribution in [-0.4, -0.2) is 36.3 Å². The molecule has 134 valence electrons. The first-order chi connectivity index (χ1) is 11.3. The summed E-state index contributed by atoms with van der Waals surface area (Å²) >= 11 is 0. The van der Waals surface area contributed by atoms with Crippen molar-refractivity contribution >= 4 is 29.9 Å². The molecule has 7 heteroatoms. The molecule has 1 aliphatic carbocycles. The molecule has 3 rings (SSSR count). The number of hydrogen-bond donors (Lipinski definition) is 2. The van der Waals surface area contributed by atoms with Crippen molar-refractivity contribution in [3.8, 4) is 5.88 Å². The van der Waals surface area contributed by atoms with Gasteiger partial charge in [0.05, 0.1) is 19.8 Å². The van der Waals surface area contributed by atoms with Crippen LogP contribution in [0.5, 0.6) is 5.88 Å². The molecule has 2 aliphatic rings. The highest BCUT2D eigenvalue weighted by Crippen LogP contribution is 2.18. The zero-order valence-corrected chi connectivity index (χ0v) is 16.3. The first kappa shape index (κ1) is 19.2. The summed E-state index contributed by atoms with van der Waals surface area (Å²) in [5.41, 5.74) is 7.04. The van der Waals surface area contributed by atoms with Gasteiger partial charge in [0, 0.05) is 24.7 Å². The molecule has 1 saturated carbocycles. The second-order valence-electron chi connectivity index (χ2n) is 6.29. The third kappa shape index (κ3) is 6.08. The summed E-state index contributed by atoms with van der Waals surface area (Å²) in [5.74, 6) is 1.16.